The third-order valence-corrected chi connectivity index (χ3v) is 3.08. The zero-order chi connectivity index (χ0) is 11.7. The van der Waals surface area contributed by atoms with Crippen LogP contribution in [0.1, 0.15) is 40.5 Å². The Morgan fingerprint density at radius 2 is 2.00 bits per heavy atom. The maximum atomic E-state index is 12.1. The maximum absolute atomic E-state index is 12.1. The van der Waals surface area contributed by atoms with Crippen LogP contribution in [0.4, 0.5) is 0 Å². The summed E-state index contributed by atoms with van der Waals surface area (Å²) in [4.78, 5) is 14.0. The smallest absolute Gasteiger partial charge is 0.228 e. The van der Waals surface area contributed by atoms with Crippen LogP contribution in [-0.2, 0) is 9.53 Å². The van der Waals surface area contributed by atoms with Gasteiger partial charge in [0.25, 0.3) is 0 Å². The summed E-state index contributed by atoms with van der Waals surface area (Å²) in [7, 11) is 1.73. The minimum Gasteiger partial charge on any atom is -0.377 e. The van der Waals surface area contributed by atoms with Crippen LogP contribution in [0.5, 0.6) is 0 Å². The Labute approximate surface area is 92.8 Å². The van der Waals surface area contributed by atoms with Crippen molar-refractivity contribution in [3.8, 4) is 0 Å². The second-order valence-corrected chi connectivity index (χ2v) is 5.73. The summed E-state index contributed by atoms with van der Waals surface area (Å²) < 4.78 is 5.48. The monoisotopic (exact) mass is 213 g/mol. The lowest BCUT2D eigenvalue weighted by Crippen LogP contribution is -2.52. The van der Waals surface area contributed by atoms with Crippen molar-refractivity contribution >= 4 is 5.91 Å². The molecule has 0 aromatic rings. The van der Waals surface area contributed by atoms with Gasteiger partial charge in [-0.15, -0.1) is 0 Å². The van der Waals surface area contributed by atoms with Crippen molar-refractivity contribution in [2.75, 3.05) is 20.2 Å². The Balaban J connectivity index is 2.69. The Morgan fingerprint density at radius 3 is 2.47 bits per heavy atom. The summed E-state index contributed by atoms with van der Waals surface area (Å²) in [6, 6.07) is 0. The Bertz CT molecular complexity index is 244. The van der Waals surface area contributed by atoms with E-state index in [9.17, 15) is 4.79 Å². The molecule has 0 saturated carbocycles. The van der Waals surface area contributed by atoms with Gasteiger partial charge in [-0.25, -0.2) is 0 Å². The minimum atomic E-state index is -0.286. The standard InChI is InChI=1S/C12H23NO2/c1-11(2,3)10(14)13-8-6-7-12(4,9-13)15-5/h6-9H2,1-5H3. The molecule has 1 rings (SSSR count). The fourth-order valence-electron chi connectivity index (χ4n) is 2.02. The van der Waals surface area contributed by atoms with Crippen LogP contribution >= 0.6 is 0 Å². The molecule has 0 aliphatic carbocycles. The van der Waals surface area contributed by atoms with Gasteiger partial charge in [0.2, 0.25) is 5.91 Å². The molecule has 88 valence electrons. The lowest BCUT2D eigenvalue weighted by molar-refractivity contribution is -0.147. The molecule has 1 aliphatic heterocycles. The average Bonchev–Trinajstić information content (AvgIpc) is 2.15. The number of ether oxygens (including phenoxy) is 1. The molecule has 0 spiro atoms. The molecule has 1 saturated heterocycles. The van der Waals surface area contributed by atoms with E-state index in [0.717, 1.165) is 25.9 Å². The van der Waals surface area contributed by atoms with Crippen LogP contribution in [0.3, 0.4) is 0 Å². The number of methoxy groups -OCH3 is 1. The molecule has 1 atom stereocenters. The van der Waals surface area contributed by atoms with Gasteiger partial charge in [0.05, 0.1) is 5.60 Å². The molecular formula is C12H23NO2. The first kappa shape index (κ1) is 12.5. The number of piperidine rings is 1. The van der Waals surface area contributed by atoms with Gasteiger partial charge < -0.3 is 9.64 Å². The first-order valence-electron chi connectivity index (χ1n) is 5.63. The van der Waals surface area contributed by atoms with E-state index in [2.05, 4.69) is 6.92 Å². The molecular weight excluding hydrogens is 190 g/mol. The van der Waals surface area contributed by atoms with E-state index in [1.54, 1.807) is 7.11 Å². The summed E-state index contributed by atoms with van der Waals surface area (Å²) in [5.41, 5.74) is -0.439. The largest absolute Gasteiger partial charge is 0.377 e. The van der Waals surface area contributed by atoms with E-state index in [-0.39, 0.29) is 16.9 Å². The predicted molar refractivity (Wildman–Crippen MR) is 60.7 cm³/mol. The van der Waals surface area contributed by atoms with Crippen molar-refractivity contribution in [3.05, 3.63) is 0 Å². The molecule has 0 aromatic carbocycles. The molecule has 1 unspecified atom stereocenters. The SMILES string of the molecule is COC1(C)CCCN(C(=O)C(C)(C)C)C1. The van der Waals surface area contributed by atoms with Crippen molar-refractivity contribution in [1.29, 1.82) is 0 Å². The van der Waals surface area contributed by atoms with Gasteiger partial charge in [-0.05, 0) is 19.8 Å². The molecule has 1 heterocycles. The second kappa shape index (κ2) is 4.12. The number of amides is 1. The van der Waals surface area contributed by atoms with Gasteiger partial charge in [-0.2, -0.15) is 0 Å². The quantitative estimate of drug-likeness (QED) is 0.667. The number of hydrogen-bond acceptors (Lipinski definition) is 2. The topological polar surface area (TPSA) is 29.5 Å². The fraction of sp³-hybridized carbons (Fsp3) is 0.917. The number of carbonyl (C=O) groups is 1. The van der Waals surface area contributed by atoms with Crippen LogP contribution in [0.25, 0.3) is 0 Å². The average molecular weight is 213 g/mol. The summed E-state index contributed by atoms with van der Waals surface area (Å²) in [5, 5.41) is 0. The highest BCUT2D eigenvalue weighted by atomic mass is 16.5. The van der Waals surface area contributed by atoms with E-state index in [1.165, 1.54) is 0 Å². The molecule has 15 heavy (non-hydrogen) atoms. The molecule has 0 radical (unpaired) electrons. The van der Waals surface area contributed by atoms with Crippen molar-refractivity contribution in [2.45, 2.75) is 46.1 Å². The van der Waals surface area contributed by atoms with Crippen molar-refractivity contribution in [2.24, 2.45) is 5.41 Å². The molecule has 1 amide bonds. The van der Waals surface area contributed by atoms with Gasteiger partial charge in [0.1, 0.15) is 0 Å². The predicted octanol–water partition coefficient (Wildman–Crippen LogP) is 2.06. The lowest BCUT2D eigenvalue weighted by Gasteiger charge is -2.41. The summed E-state index contributed by atoms with van der Waals surface area (Å²) >= 11 is 0. The highest BCUT2D eigenvalue weighted by molar-refractivity contribution is 5.81. The van der Waals surface area contributed by atoms with Gasteiger partial charge in [0, 0.05) is 25.6 Å². The molecule has 0 bridgehead atoms. The number of likely N-dealkylation sites (tertiary alicyclic amines) is 1. The van der Waals surface area contributed by atoms with Crippen LogP contribution < -0.4 is 0 Å². The molecule has 1 aliphatic rings. The molecule has 0 N–H and O–H groups in total. The van der Waals surface area contributed by atoms with Crippen molar-refractivity contribution in [3.63, 3.8) is 0 Å². The van der Waals surface area contributed by atoms with Gasteiger partial charge in [-0.3, -0.25) is 4.79 Å². The fourth-order valence-corrected chi connectivity index (χ4v) is 2.02. The Morgan fingerprint density at radius 1 is 1.40 bits per heavy atom. The number of nitrogens with zero attached hydrogens (tertiary/aromatic N) is 1. The van der Waals surface area contributed by atoms with Gasteiger partial charge >= 0.3 is 0 Å². The highest BCUT2D eigenvalue weighted by Gasteiger charge is 2.36. The van der Waals surface area contributed by atoms with E-state index in [0.29, 0.717) is 0 Å². The van der Waals surface area contributed by atoms with Crippen molar-refractivity contribution < 1.29 is 9.53 Å². The first-order chi connectivity index (χ1) is 6.78. The van der Waals surface area contributed by atoms with Gasteiger partial charge in [0.15, 0.2) is 0 Å². The molecule has 1 fully saturated rings. The first-order valence-corrected chi connectivity index (χ1v) is 5.63. The highest BCUT2D eigenvalue weighted by Crippen LogP contribution is 2.27. The van der Waals surface area contributed by atoms with E-state index < -0.39 is 0 Å². The molecule has 3 heteroatoms. The zero-order valence-corrected chi connectivity index (χ0v) is 10.6. The van der Waals surface area contributed by atoms with Crippen LogP contribution in [0.15, 0.2) is 0 Å². The van der Waals surface area contributed by atoms with Gasteiger partial charge in [-0.1, -0.05) is 20.8 Å². The third-order valence-electron chi connectivity index (χ3n) is 3.08. The third kappa shape index (κ3) is 2.94. The van der Waals surface area contributed by atoms with Crippen LogP contribution in [0, 0.1) is 5.41 Å². The minimum absolute atomic E-state index is 0.154. The number of rotatable bonds is 1. The number of carbonyl (C=O) groups excluding carboxylic acids is 1. The molecule has 3 nitrogen and oxygen atoms in total. The number of hydrogen-bond donors (Lipinski definition) is 0. The Hall–Kier alpha value is -0.570. The van der Waals surface area contributed by atoms with Crippen LogP contribution in [0.2, 0.25) is 0 Å². The summed E-state index contributed by atoms with van der Waals surface area (Å²) in [5.74, 6) is 0.227. The summed E-state index contributed by atoms with van der Waals surface area (Å²) in [6.07, 6.45) is 2.07. The zero-order valence-electron chi connectivity index (χ0n) is 10.6. The molecule has 0 aromatic heterocycles. The van der Waals surface area contributed by atoms with E-state index in [1.807, 2.05) is 25.7 Å². The maximum Gasteiger partial charge on any atom is 0.228 e. The Kier molecular flexibility index (Phi) is 3.44. The van der Waals surface area contributed by atoms with Crippen LogP contribution in [-0.4, -0.2) is 36.6 Å². The summed E-state index contributed by atoms with van der Waals surface area (Å²) in [6.45, 7) is 9.57. The second-order valence-electron chi connectivity index (χ2n) is 5.73. The van der Waals surface area contributed by atoms with E-state index in [4.69, 9.17) is 4.74 Å². The van der Waals surface area contributed by atoms with Crippen molar-refractivity contribution in [1.82, 2.24) is 4.90 Å². The normalized spacial score (nSPS) is 27.9. The lowest BCUT2D eigenvalue weighted by atomic mass is 9.90. The van der Waals surface area contributed by atoms with E-state index >= 15 is 0 Å².